The third-order valence-electron chi connectivity index (χ3n) is 3.27. The lowest BCUT2D eigenvalue weighted by atomic mass is 9.93. The molecule has 2 aromatic carbocycles. The molecule has 1 N–H and O–H groups in total. The summed E-state index contributed by atoms with van der Waals surface area (Å²) < 4.78 is 18.0. The van der Waals surface area contributed by atoms with Crippen molar-refractivity contribution in [1.82, 2.24) is 0 Å². The van der Waals surface area contributed by atoms with E-state index in [1.54, 1.807) is 24.3 Å². The molecule has 0 amide bonds. The van der Waals surface area contributed by atoms with Gasteiger partial charge in [0, 0.05) is 11.8 Å². The number of para-hydroxylation sites is 1. The average Bonchev–Trinajstić information content (AvgIpc) is 2.49. The topological polar surface area (TPSA) is 58.9 Å². The summed E-state index contributed by atoms with van der Waals surface area (Å²) in [5, 5.41) is 10.3. The summed E-state index contributed by atoms with van der Waals surface area (Å²) in [6.07, 6.45) is 0.322. The number of carbonyl (C=O) groups excluding carboxylic acids is 1. The van der Waals surface area contributed by atoms with E-state index in [1.807, 2.05) is 0 Å². The van der Waals surface area contributed by atoms with Crippen LogP contribution in [0.2, 0.25) is 0 Å². The lowest BCUT2D eigenvalue weighted by Gasteiger charge is -2.25. The average molecular weight is 285 g/mol. The zero-order valence-corrected chi connectivity index (χ0v) is 10.9. The van der Waals surface area contributed by atoms with Crippen molar-refractivity contribution in [3.63, 3.8) is 0 Å². The Kier molecular flexibility index (Phi) is 3.50. The molecule has 0 fully saturated rings. The SMILES string of the molecule is O=C1Oc2ccccc2[C@@H](O)[C@@H]1C=Nc1ccc(F)cc1. The first kappa shape index (κ1) is 13.5. The second-order valence-electron chi connectivity index (χ2n) is 4.68. The normalized spacial score (nSPS) is 21.1. The lowest BCUT2D eigenvalue weighted by molar-refractivity contribution is -0.141. The molecule has 0 aliphatic carbocycles. The summed E-state index contributed by atoms with van der Waals surface area (Å²) in [6.45, 7) is 0. The maximum Gasteiger partial charge on any atom is 0.322 e. The molecule has 0 saturated heterocycles. The van der Waals surface area contributed by atoms with Gasteiger partial charge in [-0.15, -0.1) is 0 Å². The van der Waals surface area contributed by atoms with Crippen LogP contribution in [0, 0.1) is 11.7 Å². The fourth-order valence-corrected chi connectivity index (χ4v) is 2.15. The molecule has 5 heteroatoms. The Morgan fingerprint density at radius 1 is 1.14 bits per heavy atom. The first-order valence-corrected chi connectivity index (χ1v) is 6.43. The van der Waals surface area contributed by atoms with Crippen LogP contribution in [0.1, 0.15) is 11.7 Å². The van der Waals surface area contributed by atoms with Crippen LogP contribution < -0.4 is 4.74 Å². The second-order valence-corrected chi connectivity index (χ2v) is 4.68. The minimum atomic E-state index is -1.01. The monoisotopic (exact) mass is 285 g/mol. The van der Waals surface area contributed by atoms with Crippen LogP contribution >= 0.6 is 0 Å². The number of fused-ring (bicyclic) bond motifs is 1. The quantitative estimate of drug-likeness (QED) is 0.524. The summed E-state index contributed by atoms with van der Waals surface area (Å²) >= 11 is 0. The first-order chi connectivity index (χ1) is 10.1. The minimum absolute atomic E-state index is 0.361. The van der Waals surface area contributed by atoms with E-state index in [1.165, 1.54) is 30.5 Å². The molecule has 0 saturated carbocycles. The van der Waals surface area contributed by atoms with E-state index in [-0.39, 0.29) is 5.82 Å². The number of rotatable bonds is 2. The molecule has 1 aliphatic heterocycles. The number of aliphatic hydroxyl groups excluding tert-OH is 1. The van der Waals surface area contributed by atoms with E-state index in [4.69, 9.17) is 4.74 Å². The van der Waals surface area contributed by atoms with Gasteiger partial charge in [0.05, 0.1) is 5.69 Å². The van der Waals surface area contributed by atoms with Gasteiger partial charge in [-0.3, -0.25) is 9.79 Å². The van der Waals surface area contributed by atoms with Gasteiger partial charge in [-0.2, -0.15) is 0 Å². The molecule has 3 rings (SSSR count). The van der Waals surface area contributed by atoms with Crippen LogP contribution in [0.5, 0.6) is 5.75 Å². The number of ether oxygens (including phenoxy) is 1. The molecule has 2 atom stereocenters. The van der Waals surface area contributed by atoms with E-state index >= 15 is 0 Å². The summed E-state index contributed by atoms with van der Waals surface area (Å²) in [5.41, 5.74) is 1.04. The summed E-state index contributed by atoms with van der Waals surface area (Å²) in [5.74, 6) is -1.45. The fourth-order valence-electron chi connectivity index (χ4n) is 2.15. The van der Waals surface area contributed by atoms with Crippen molar-refractivity contribution in [2.75, 3.05) is 0 Å². The number of halogens is 1. The van der Waals surface area contributed by atoms with E-state index < -0.39 is 18.0 Å². The molecular formula is C16H12FNO3. The highest BCUT2D eigenvalue weighted by molar-refractivity contribution is 5.94. The number of esters is 1. The lowest BCUT2D eigenvalue weighted by Crippen LogP contribution is -2.32. The molecule has 0 radical (unpaired) electrons. The number of hydrogen-bond acceptors (Lipinski definition) is 4. The van der Waals surface area contributed by atoms with Crippen molar-refractivity contribution in [3.8, 4) is 5.75 Å². The molecule has 2 aromatic rings. The van der Waals surface area contributed by atoms with E-state index in [2.05, 4.69) is 4.99 Å². The predicted molar refractivity (Wildman–Crippen MR) is 75.1 cm³/mol. The van der Waals surface area contributed by atoms with Gasteiger partial charge in [-0.25, -0.2) is 4.39 Å². The number of benzene rings is 2. The number of hydrogen-bond donors (Lipinski definition) is 1. The zero-order valence-electron chi connectivity index (χ0n) is 10.9. The largest absolute Gasteiger partial charge is 0.426 e. The second kappa shape index (κ2) is 5.46. The van der Waals surface area contributed by atoms with Crippen molar-refractivity contribution >= 4 is 17.9 Å². The van der Waals surface area contributed by atoms with Crippen LogP contribution in [-0.4, -0.2) is 17.3 Å². The van der Waals surface area contributed by atoms with Crippen LogP contribution in [0.15, 0.2) is 53.5 Å². The Bertz CT molecular complexity index is 697. The molecule has 0 bridgehead atoms. The molecule has 0 aromatic heterocycles. The highest BCUT2D eigenvalue weighted by Gasteiger charge is 2.35. The van der Waals surface area contributed by atoms with Gasteiger partial charge in [-0.05, 0) is 30.3 Å². The Morgan fingerprint density at radius 3 is 2.62 bits per heavy atom. The molecule has 0 spiro atoms. The number of nitrogens with zero attached hydrogens (tertiary/aromatic N) is 1. The highest BCUT2D eigenvalue weighted by atomic mass is 19.1. The third-order valence-corrected chi connectivity index (χ3v) is 3.27. The number of aliphatic hydroxyl groups is 1. The number of carbonyl (C=O) groups is 1. The van der Waals surface area contributed by atoms with Crippen LogP contribution in [-0.2, 0) is 4.79 Å². The van der Waals surface area contributed by atoms with Gasteiger partial charge in [0.2, 0.25) is 0 Å². The zero-order chi connectivity index (χ0) is 14.8. The Balaban J connectivity index is 1.86. The Morgan fingerprint density at radius 2 is 1.86 bits per heavy atom. The van der Waals surface area contributed by atoms with Crippen molar-refractivity contribution in [3.05, 3.63) is 59.9 Å². The van der Waals surface area contributed by atoms with Crippen molar-refractivity contribution in [2.45, 2.75) is 6.10 Å². The summed E-state index contributed by atoms with van der Waals surface area (Å²) in [7, 11) is 0. The maximum atomic E-state index is 12.8. The molecule has 1 aliphatic rings. The van der Waals surface area contributed by atoms with Crippen LogP contribution in [0.25, 0.3) is 0 Å². The van der Waals surface area contributed by atoms with Gasteiger partial charge < -0.3 is 9.84 Å². The maximum absolute atomic E-state index is 12.8. The van der Waals surface area contributed by atoms with Crippen LogP contribution in [0.3, 0.4) is 0 Å². The molecule has 4 nitrogen and oxygen atoms in total. The third kappa shape index (κ3) is 2.68. The van der Waals surface area contributed by atoms with Gasteiger partial charge in [-0.1, -0.05) is 18.2 Å². The van der Waals surface area contributed by atoms with Crippen molar-refractivity contribution in [2.24, 2.45) is 10.9 Å². The molecule has 0 unspecified atom stereocenters. The van der Waals surface area contributed by atoms with Crippen LogP contribution in [0.4, 0.5) is 10.1 Å². The molecule has 1 heterocycles. The number of aliphatic imine (C=N–C) groups is 1. The van der Waals surface area contributed by atoms with E-state index in [9.17, 15) is 14.3 Å². The van der Waals surface area contributed by atoms with Gasteiger partial charge in [0.25, 0.3) is 0 Å². The highest BCUT2D eigenvalue weighted by Crippen LogP contribution is 2.35. The first-order valence-electron chi connectivity index (χ1n) is 6.43. The van der Waals surface area contributed by atoms with E-state index in [0.717, 1.165) is 0 Å². The van der Waals surface area contributed by atoms with Gasteiger partial charge >= 0.3 is 5.97 Å². The van der Waals surface area contributed by atoms with Crippen molar-refractivity contribution in [1.29, 1.82) is 0 Å². The smallest absolute Gasteiger partial charge is 0.322 e. The Hall–Kier alpha value is -2.53. The molecule has 106 valence electrons. The van der Waals surface area contributed by atoms with Gasteiger partial charge in [0.15, 0.2) is 0 Å². The van der Waals surface area contributed by atoms with Gasteiger partial charge in [0.1, 0.15) is 23.6 Å². The Labute approximate surface area is 120 Å². The van der Waals surface area contributed by atoms with Crippen molar-refractivity contribution < 1.29 is 19.0 Å². The van der Waals surface area contributed by atoms with E-state index in [0.29, 0.717) is 17.0 Å². The summed E-state index contributed by atoms with van der Waals surface area (Å²) in [4.78, 5) is 16.0. The molecule has 21 heavy (non-hydrogen) atoms. The fraction of sp³-hybridized carbons (Fsp3) is 0.125. The molecular weight excluding hydrogens is 273 g/mol. The summed E-state index contributed by atoms with van der Waals surface area (Å²) in [6, 6.07) is 12.3. The minimum Gasteiger partial charge on any atom is -0.426 e. The predicted octanol–water partition coefficient (Wildman–Crippen LogP) is 2.80. The standard InChI is InChI=1S/C16H12FNO3/c17-10-5-7-11(8-6-10)18-9-13-15(19)12-3-1-2-4-14(12)21-16(13)20/h1-9,13,15,19H/t13-,15+/m0/s1.